The summed E-state index contributed by atoms with van der Waals surface area (Å²) < 4.78 is 40.1. The fourth-order valence-electron chi connectivity index (χ4n) is 3.47. The van der Waals surface area contributed by atoms with Crippen molar-refractivity contribution in [1.29, 1.82) is 0 Å². The molecule has 0 radical (unpaired) electrons. The van der Waals surface area contributed by atoms with Crippen LogP contribution in [0.4, 0.5) is 11.4 Å². The van der Waals surface area contributed by atoms with E-state index in [1.807, 2.05) is 32.0 Å². The fraction of sp³-hybridized carbons (Fsp3) is 0.208. The Hall–Kier alpha value is -3.52. The first kappa shape index (κ1) is 21.7. The lowest BCUT2D eigenvalue weighted by Crippen LogP contribution is -2.40. The molecule has 1 atom stereocenters. The van der Waals surface area contributed by atoms with E-state index in [1.165, 1.54) is 6.07 Å². The molecular formula is C24H24N2O5S. The number of hydrogen-bond acceptors (Lipinski definition) is 5. The molecule has 0 saturated heterocycles. The summed E-state index contributed by atoms with van der Waals surface area (Å²) in [6.45, 7) is 5.56. The molecule has 166 valence electrons. The molecular weight excluding hydrogens is 428 g/mol. The van der Waals surface area contributed by atoms with Gasteiger partial charge in [0, 0.05) is 5.69 Å². The van der Waals surface area contributed by atoms with E-state index in [1.54, 1.807) is 43.3 Å². The zero-order chi connectivity index (χ0) is 22.9. The Balaban J connectivity index is 1.53. The lowest BCUT2D eigenvalue weighted by atomic mass is 10.1. The SMILES string of the molecule is Cc1ccc(NS(=O)(=O)c2cc(NC(=O)C3COc4ccccc4O3)ccc2C)c(C)c1. The van der Waals surface area contributed by atoms with Gasteiger partial charge in [0.1, 0.15) is 6.61 Å². The van der Waals surface area contributed by atoms with E-state index >= 15 is 0 Å². The molecule has 0 spiro atoms. The molecule has 1 amide bonds. The van der Waals surface area contributed by atoms with E-state index in [4.69, 9.17) is 9.47 Å². The van der Waals surface area contributed by atoms with E-state index in [9.17, 15) is 13.2 Å². The zero-order valence-electron chi connectivity index (χ0n) is 18.0. The second kappa shape index (κ2) is 8.55. The zero-order valence-corrected chi connectivity index (χ0v) is 18.8. The van der Waals surface area contributed by atoms with Crippen molar-refractivity contribution >= 4 is 27.3 Å². The van der Waals surface area contributed by atoms with Crippen LogP contribution in [0.25, 0.3) is 0 Å². The number of hydrogen-bond donors (Lipinski definition) is 2. The third-order valence-electron chi connectivity index (χ3n) is 5.17. The van der Waals surface area contributed by atoms with Crippen molar-refractivity contribution in [3.8, 4) is 11.5 Å². The normalized spacial score (nSPS) is 15.2. The van der Waals surface area contributed by atoms with Gasteiger partial charge >= 0.3 is 0 Å². The standard InChI is InChI=1S/C24H24N2O5S/c1-15-8-11-19(17(3)12-15)26-32(28,29)23-13-18(10-9-16(23)2)25-24(27)22-14-30-20-6-4-5-7-21(20)31-22/h4-13,22,26H,14H2,1-3H3,(H,25,27). The maximum Gasteiger partial charge on any atom is 0.269 e. The summed E-state index contributed by atoms with van der Waals surface area (Å²) in [5.74, 6) is 0.649. The number of carbonyl (C=O) groups excluding carboxylic acids is 1. The van der Waals surface area contributed by atoms with Crippen LogP contribution >= 0.6 is 0 Å². The molecule has 1 heterocycles. The van der Waals surface area contributed by atoms with Gasteiger partial charge in [-0.05, 0) is 62.2 Å². The molecule has 1 aliphatic heterocycles. The number of carbonyl (C=O) groups is 1. The predicted octanol–water partition coefficient (Wildman–Crippen LogP) is 4.19. The van der Waals surface area contributed by atoms with Gasteiger partial charge in [0.25, 0.3) is 15.9 Å². The van der Waals surface area contributed by atoms with Gasteiger partial charge in [-0.25, -0.2) is 8.42 Å². The molecule has 0 fully saturated rings. The van der Waals surface area contributed by atoms with E-state index in [0.717, 1.165) is 11.1 Å². The van der Waals surface area contributed by atoms with Crippen LogP contribution in [0.2, 0.25) is 0 Å². The molecule has 8 heteroatoms. The Bertz CT molecular complexity index is 1290. The molecule has 0 saturated carbocycles. The van der Waals surface area contributed by atoms with Crippen molar-refractivity contribution < 1.29 is 22.7 Å². The number of benzene rings is 3. The Labute approximate surface area is 187 Å². The van der Waals surface area contributed by atoms with Crippen LogP contribution in [0.3, 0.4) is 0 Å². The molecule has 0 aliphatic carbocycles. The van der Waals surface area contributed by atoms with Crippen LogP contribution in [-0.4, -0.2) is 27.0 Å². The second-order valence-corrected chi connectivity index (χ2v) is 9.41. The summed E-state index contributed by atoms with van der Waals surface area (Å²) in [7, 11) is -3.86. The Morgan fingerprint density at radius 2 is 1.69 bits per heavy atom. The lowest BCUT2D eigenvalue weighted by Gasteiger charge is -2.25. The number of aryl methyl sites for hydroxylation is 3. The van der Waals surface area contributed by atoms with Gasteiger partial charge in [0.15, 0.2) is 11.5 Å². The van der Waals surface area contributed by atoms with Crippen LogP contribution in [0.15, 0.2) is 65.6 Å². The highest BCUT2D eigenvalue weighted by atomic mass is 32.2. The predicted molar refractivity (Wildman–Crippen MR) is 123 cm³/mol. The molecule has 1 unspecified atom stereocenters. The van der Waals surface area contributed by atoms with Crippen molar-refractivity contribution in [3.63, 3.8) is 0 Å². The summed E-state index contributed by atoms with van der Waals surface area (Å²) in [5.41, 5.74) is 3.29. The molecule has 0 aromatic heterocycles. The second-order valence-electron chi connectivity index (χ2n) is 7.76. The number of fused-ring (bicyclic) bond motifs is 1. The summed E-state index contributed by atoms with van der Waals surface area (Å²) in [6, 6.07) is 17.3. The number of amides is 1. The van der Waals surface area contributed by atoms with Crippen LogP contribution in [0, 0.1) is 20.8 Å². The first-order chi connectivity index (χ1) is 15.2. The van der Waals surface area contributed by atoms with E-state index < -0.39 is 22.0 Å². The Morgan fingerprint density at radius 3 is 2.44 bits per heavy atom. The maximum atomic E-state index is 13.1. The van der Waals surface area contributed by atoms with Gasteiger partial charge in [-0.15, -0.1) is 0 Å². The van der Waals surface area contributed by atoms with Crippen molar-refractivity contribution in [1.82, 2.24) is 0 Å². The molecule has 0 bridgehead atoms. The average molecular weight is 453 g/mol. The van der Waals surface area contributed by atoms with Crippen molar-refractivity contribution in [2.24, 2.45) is 0 Å². The van der Waals surface area contributed by atoms with Crippen LogP contribution in [0.5, 0.6) is 11.5 Å². The molecule has 3 aromatic rings. The summed E-state index contributed by atoms with van der Waals surface area (Å²) >= 11 is 0. The molecule has 7 nitrogen and oxygen atoms in total. The van der Waals surface area contributed by atoms with Gasteiger partial charge in [-0.1, -0.05) is 35.9 Å². The minimum Gasteiger partial charge on any atom is -0.485 e. The molecule has 1 aliphatic rings. The minimum absolute atomic E-state index is 0.0636. The number of anilines is 2. The quantitative estimate of drug-likeness (QED) is 0.605. The Morgan fingerprint density at radius 1 is 0.938 bits per heavy atom. The van der Waals surface area contributed by atoms with E-state index in [0.29, 0.717) is 28.4 Å². The summed E-state index contributed by atoms with van der Waals surface area (Å²) in [6.07, 6.45) is -0.848. The smallest absolute Gasteiger partial charge is 0.269 e. The first-order valence-electron chi connectivity index (χ1n) is 10.1. The highest BCUT2D eigenvalue weighted by Crippen LogP contribution is 2.31. The highest BCUT2D eigenvalue weighted by molar-refractivity contribution is 7.92. The number of para-hydroxylation sites is 2. The summed E-state index contributed by atoms with van der Waals surface area (Å²) in [5, 5.41) is 2.73. The van der Waals surface area contributed by atoms with E-state index in [2.05, 4.69) is 10.0 Å². The van der Waals surface area contributed by atoms with Gasteiger partial charge in [-0.3, -0.25) is 9.52 Å². The Kier molecular flexibility index (Phi) is 5.80. The van der Waals surface area contributed by atoms with Gasteiger partial charge in [0.2, 0.25) is 6.10 Å². The number of sulfonamides is 1. The van der Waals surface area contributed by atoms with Crippen molar-refractivity contribution in [3.05, 3.63) is 77.4 Å². The third kappa shape index (κ3) is 4.55. The molecule has 32 heavy (non-hydrogen) atoms. The van der Waals surface area contributed by atoms with Gasteiger partial charge < -0.3 is 14.8 Å². The van der Waals surface area contributed by atoms with Crippen LogP contribution in [-0.2, 0) is 14.8 Å². The maximum absolute atomic E-state index is 13.1. The number of rotatable bonds is 5. The average Bonchev–Trinajstić information content (AvgIpc) is 2.76. The molecule has 3 aromatic carbocycles. The van der Waals surface area contributed by atoms with Crippen molar-refractivity contribution in [2.75, 3.05) is 16.6 Å². The fourth-order valence-corrected chi connectivity index (χ4v) is 4.87. The van der Waals surface area contributed by atoms with Gasteiger partial charge in [0.05, 0.1) is 10.6 Å². The third-order valence-corrected chi connectivity index (χ3v) is 6.68. The first-order valence-corrected chi connectivity index (χ1v) is 11.6. The summed E-state index contributed by atoms with van der Waals surface area (Å²) in [4.78, 5) is 12.8. The molecule has 2 N–H and O–H groups in total. The largest absolute Gasteiger partial charge is 0.485 e. The van der Waals surface area contributed by atoms with E-state index in [-0.39, 0.29) is 11.5 Å². The van der Waals surface area contributed by atoms with Gasteiger partial charge in [-0.2, -0.15) is 0 Å². The number of ether oxygens (including phenoxy) is 2. The minimum atomic E-state index is -3.86. The monoisotopic (exact) mass is 452 g/mol. The van der Waals surface area contributed by atoms with Crippen LogP contribution < -0.4 is 19.5 Å². The van der Waals surface area contributed by atoms with Crippen LogP contribution in [0.1, 0.15) is 16.7 Å². The number of nitrogens with one attached hydrogen (secondary N) is 2. The van der Waals surface area contributed by atoms with Crippen molar-refractivity contribution in [2.45, 2.75) is 31.8 Å². The molecule has 4 rings (SSSR count). The highest BCUT2D eigenvalue weighted by Gasteiger charge is 2.28. The lowest BCUT2D eigenvalue weighted by molar-refractivity contribution is -0.125. The topological polar surface area (TPSA) is 93.7 Å².